The molecule has 1 N–H and O–H groups in total. The van der Waals surface area contributed by atoms with E-state index in [1.165, 1.54) is 63.0 Å². The third-order valence-corrected chi connectivity index (χ3v) is 7.57. The largest absolute Gasteiger partial charge is 0.379 e. The number of anilines is 1. The zero-order valence-corrected chi connectivity index (χ0v) is 20.0. The summed E-state index contributed by atoms with van der Waals surface area (Å²) in [6.07, 6.45) is 7.24. The molecule has 1 saturated carbocycles. The van der Waals surface area contributed by atoms with Gasteiger partial charge in [0.05, 0.1) is 11.7 Å². The van der Waals surface area contributed by atoms with Gasteiger partial charge in [0.15, 0.2) is 0 Å². The first kappa shape index (κ1) is 22.2. The first-order valence-corrected chi connectivity index (χ1v) is 12.6. The number of piperazine rings is 1. The van der Waals surface area contributed by atoms with Gasteiger partial charge in [-0.05, 0) is 63.4 Å². The van der Waals surface area contributed by atoms with Gasteiger partial charge in [0.25, 0.3) is 0 Å². The van der Waals surface area contributed by atoms with Gasteiger partial charge < -0.3 is 10.2 Å². The number of nitrogens with zero attached hydrogens (tertiary/aromatic N) is 4. The molecule has 5 nitrogen and oxygen atoms in total. The summed E-state index contributed by atoms with van der Waals surface area (Å²) in [7, 11) is 2.23. The Bertz CT molecular complexity index is 996. The molecule has 2 aliphatic rings. The van der Waals surface area contributed by atoms with E-state index in [0.717, 1.165) is 17.4 Å². The highest BCUT2D eigenvalue weighted by Crippen LogP contribution is 2.32. The minimum absolute atomic E-state index is 0.275. The van der Waals surface area contributed by atoms with Crippen molar-refractivity contribution in [3.05, 3.63) is 72.4 Å². The van der Waals surface area contributed by atoms with Crippen molar-refractivity contribution < 1.29 is 0 Å². The summed E-state index contributed by atoms with van der Waals surface area (Å²) in [6.45, 7) is 7.08. The molecule has 1 atom stereocenters. The quantitative estimate of drug-likeness (QED) is 0.549. The van der Waals surface area contributed by atoms with Crippen molar-refractivity contribution in [3.63, 3.8) is 0 Å². The van der Waals surface area contributed by atoms with Crippen LogP contribution in [0.25, 0.3) is 11.3 Å². The average molecular weight is 444 g/mol. The summed E-state index contributed by atoms with van der Waals surface area (Å²) >= 11 is 0. The van der Waals surface area contributed by atoms with E-state index in [4.69, 9.17) is 5.10 Å². The van der Waals surface area contributed by atoms with Crippen molar-refractivity contribution in [1.29, 1.82) is 0 Å². The van der Waals surface area contributed by atoms with Gasteiger partial charge >= 0.3 is 0 Å². The molecular weight excluding hydrogens is 406 g/mol. The van der Waals surface area contributed by atoms with Crippen LogP contribution < -0.4 is 5.32 Å². The third kappa shape index (κ3) is 5.31. The molecular formula is C28H37N5. The molecule has 1 aliphatic heterocycles. The minimum atomic E-state index is 0.275. The molecule has 2 fully saturated rings. The predicted octanol–water partition coefficient (Wildman–Crippen LogP) is 5.45. The van der Waals surface area contributed by atoms with Crippen LogP contribution >= 0.6 is 0 Å². The number of nitrogens with one attached hydrogen (secondary N) is 1. The molecule has 3 aromatic rings. The number of likely N-dealkylation sites (N-methyl/N-ethyl adjacent to an activating group) is 1. The predicted molar refractivity (Wildman–Crippen MR) is 137 cm³/mol. The van der Waals surface area contributed by atoms with E-state index in [1.54, 1.807) is 0 Å². The summed E-state index contributed by atoms with van der Waals surface area (Å²) in [5, 5.41) is 8.56. The van der Waals surface area contributed by atoms with Gasteiger partial charge in [-0.2, -0.15) is 5.10 Å². The number of hydrogen-bond acceptors (Lipinski definition) is 4. The lowest BCUT2D eigenvalue weighted by Gasteiger charge is -2.41. The maximum Gasteiger partial charge on any atom is 0.0923 e. The second-order valence-electron chi connectivity index (χ2n) is 9.84. The molecule has 2 aromatic carbocycles. The van der Waals surface area contributed by atoms with Crippen LogP contribution in [-0.4, -0.2) is 58.8 Å². The molecule has 33 heavy (non-hydrogen) atoms. The molecule has 0 amide bonds. The van der Waals surface area contributed by atoms with E-state index in [0.29, 0.717) is 6.04 Å². The van der Waals surface area contributed by atoms with Gasteiger partial charge in [0, 0.05) is 55.7 Å². The normalized spacial score (nSPS) is 23.3. The standard InChI is InChI=1S/C28H37N5/c1-22(23-6-4-3-5-7-23)29-25-10-8-24(9-11-25)28-16-17-33(30-28)27-14-12-26(13-15-27)32-20-18-31(2)19-21-32/h3-11,16-17,22,26-27,29H,12-15,18-21H2,1-2H3. The fraction of sp³-hybridized carbons (Fsp3) is 0.464. The summed E-state index contributed by atoms with van der Waals surface area (Å²) in [5.41, 5.74) is 4.68. The molecule has 5 heteroatoms. The Labute approximate surface area is 198 Å². The van der Waals surface area contributed by atoms with E-state index >= 15 is 0 Å². The lowest BCUT2D eigenvalue weighted by atomic mass is 9.90. The van der Waals surface area contributed by atoms with Crippen molar-refractivity contribution >= 4 is 5.69 Å². The first-order valence-electron chi connectivity index (χ1n) is 12.6. The molecule has 5 rings (SSSR count). The van der Waals surface area contributed by atoms with Crippen LogP contribution in [-0.2, 0) is 0 Å². The molecule has 174 valence electrons. The Balaban J connectivity index is 1.16. The van der Waals surface area contributed by atoms with E-state index in [2.05, 4.69) is 101 Å². The van der Waals surface area contributed by atoms with Gasteiger partial charge in [-0.25, -0.2) is 0 Å². The molecule has 0 radical (unpaired) electrons. The van der Waals surface area contributed by atoms with Gasteiger partial charge in [0.1, 0.15) is 0 Å². The fourth-order valence-electron chi connectivity index (χ4n) is 5.38. The van der Waals surface area contributed by atoms with E-state index < -0.39 is 0 Å². The van der Waals surface area contributed by atoms with E-state index in [1.807, 2.05) is 0 Å². The summed E-state index contributed by atoms with van der Waals surface area (Å²) in [4.78, 5) is 5.17. The number of benzene rings is 2. The molecule has 1 unspecified atom stereocenters. The second-order valence-corrected chi connectivity index (χ2v) is 9.84. The molecule has 2 heterocycles. The molecule has 1 saturated heterocycles. The van der Waals surface area contributed by atoms with Gasteiger partial charge in [0.2, 0.25) is 0 Å². The number of rotatable bonds is 6. The Morgan fingerprint density at radius 3 is 2.18 bits per heavy atom. The summed E-state index contributed by atoms with van der Waals surface area (Å²) in [6, 6.07) is 23.0. The van der Waals surface area contributed by atoms with Crippen LogP contribution in [0.15, 0.2) is 66.9 Å². The third-order valence-electron chi connectivity index (χ3n) is 7.57. The zero-order chi connectivity index (χ0) is 22.6. The fourth-order valence-corrected chi connectivity index (χ4v) is 5.38. The molecule has 0 spiro atoms. The highest BCUT2D eigenvalue weighted by atomic mass is 15.3. The molecule has 0 bridgehead atoms. The maximum atomic E-state index is 4.97. The lowest BCUT2D eigenvalue weighted by Crippen LogP contribution is -2.49. The summed E-state index contributed by atoms with van der Waals surface area (Å²) < 4.78 is 2.22. The first-order chi connectivity index (χ1) is 16.2. The molecule has 1 aliphatic carbocycles. The van der Waals surface area contributed by atoms with E-state index in [9.17, 15) is 0 Å². The highest BCUT2D eigenvalue weighted by molar-refractivity contribution is 5.62. The summed E-state index contributed by atoms with van der Waals surface area (Å²) in [5.74, 6) is 0. The van der Waals surface area contributed by atoms with Crippen LogP contribution in [0.4, 0.5) is 5.69 Å². The number of hydrogen-bond donors (Lipinski definition) is 1. The van der Waals surface area contributed by atoms with Gasteiger partial charge in [-0.1, -0.05) is 42.5 Å². The lowest BCUT2D eigenvalue weighted by molar-refractivity contribution is 0.0811. The smallest absolute Gasteiger partial charge is 0.0923 e. The second kappa shape index (κ2) is 10.1. The van der Waals surface area contributed by atoms with Crippen molar-refractivity contribution in [2.24, 2.45) is 0 Å². The highest BCUT2D eigenvalue weighted by Gasteiger charge is 2.28. The Kier molecular flexibility index (Phi) is 6.79. The van der Waals surface area contributed by atoms with Crippen molar-refractivity contribution in [3.8, 4) is 11.3 Å². The van der Waals surface area contributed by atoms with Crippen molar-refractivity contribution in [2.45, 2.75) is 50.7 Å². The van der Waals surface area contributed by atoms with Crippen LogP contribution in [0.1, 0.15) is 50.3 Å². The van der Waals surface area contributed by atoms with Gasteiger partial charge in [-0.3, -0.25) is 9.58 Å². The maximum absolute atomic E-state index is 4.97. The zero-order valence-electron chi connectivity index (χ0n) is 20.0. The SMILES string of the molecule is CC(Nc1ccc(-c2ccn(C3CCC(N4CCN(C)CC4)CC3)n2)cc1)c1ccccc1. The van der Waals surface area contributed by atoms with Crippen LogP contribution in [0.5, 0.6) is 0 Å². The van der Waals surface area contributed by atoms with Gasteiger partial charge in [-0.15, -0.1) is 0 Å². The Hall–Kier alpha value is -2.63. The Morgan fingerprint density at radius 1 is 0.818 bits per heavy atom. The Morgan fingerprint density at radius 2 is 1.48 bits per heavy atom. The van der Waals surface area contributed by atoms with Crippen LogP contribution in [0.3, 0.4) is 0 Å². The van der Waals surface area contributed by atoms with Crippen molar-refractivity contribution in [1.82, 2.24) is 19.6 Å². The number of aromatic nitrogens is 2. The molecule has 1 aromatic heterocycles. The van der Waals surface area contributed by atoms with Crippen LogP contribution in [0.2, 0.25) is 0 Å². The monoisotopic (exact) mass is 443 g/mol. The van der Waals surface area contributed by atoms with Crippen LogP contribution in [0, 0.1) is 0 Å². The minimum Gasteiger partial charge on any atom is -0.379 e. The van der Waals surface area contributed by atoms with Crippen molar-refractivity contribution in [2.75, 3.05) is 38.5 Å². The average Bonchev–Trinajstić information content (AvgIpc) is 3.36. The topological polar surface area (TPSA) is 36.3 Å². The van der Waals surface area contributed by atoms with E-state index in [-0.39, 0.29) is 6.04 Å².